The van der Waals surface area contributed by atoms with Gasteiger partial charge in [0.2, 0.25) is 0 Å². The molecule has 0 unspecified atom stereocenters. The lowest BCUT2D eigenvalue weighted by Gasteiger charge is -2.29. The second kappa shape index (κ2) is 21.2. The predicted molar refractivity (Wildman–Crippen MR) is 142 cm³/mol. The SMILES string of the molecule is C=C[C@H](OCCC)[C@@H](CCC(C)C)C(C)C.CCCO[C@@H](CO)[C@@H](CCC(C)C)C(C)C. The van der Waals surface area contributed by atoms with Gasteiger partial charge in [-0.05, 0) is 61.2 Å². The number of aliphatic hydroxyl groups is 1. The monoisotopic (exact) mass is 456 g/mol. The smallest absolute Gasteiger partial charge is 0.0836 e. The second-order valence-corrected chi connectivity index (χ2v) is 10.9. The van der Waals surface area contributed by atoms with E-state index in [0.717, 1.165) is 44.3 Å². The summed E-state index contributed by atoms with van der Waals surface area (Å²) in [5.74, 6) is 3.85. The zero-order chi connectivity index (χ0) is 25.1. The summed E-state index contributed by atoms with van der Waals surface area (Å²) < 4.78 is 11.6. The van der Waals surface area contributed by atoms with Gasteiger partial charge in [0.25, 0.3) is 0 Å². The van der Waals surface area contributed by atoms with E-state index < -0.39 is 0 Å². The highest BCUT2D eigenvalue weighted by molar-refractivity contribution is 4.87. The molecular weight excluding hydrogens is 396 g/mol. The summed E-state index contributed by atoms with van der Waals surface area (Å²) in [6.45, 7) is 28.0. The fourth-order valence-electron chi connectivity index (χ4n) is 4.08. The van der Waals surface area contributed by atoms with Gasteiger partial charge in [-0.15, -0.1) is 6.58 Å². The molecule has 0 rings (SSSR count). The molecule has 1 N–H and O–H groups in total. The van der Waals surface area contributed by atoms with Gasteiger partial charge in [-0.3, -0.25) is 0 Å². The molecule has 0 aliphatic rings. The maximum atomic E-state index is 9.41. The summed E-state index contributed by atoms with van der Waals surface area (Å²) in [6, 6.07) is 0. The highest BCUT2D eigenvalue weighted by Crippen LogP contribution is 2.27. The van der Waals surface area contributed by atoms with Crippen LogP contribution in [0.3, 0.4) is 0 Å². The molecule has 3 nitrogen and oxygen atoms in total. The molecule has 0 amide bonds. The lowest BCUT2D eigenvalue weighted by molar-refractivity contribution is -0.0389. The van der Waals surface area contributed by atoms with Crippen molar-refractivity contribution in [3.8, 4) is 0 Å². The summed E-state index contributed by atoms with van der Waals surface area (Å²) in [6.07, 6.45) is 9.25. The van der Waals surface area contributed by atoms with Crippen molar-refractivity contribution in [3.63, 3.8) is 0 Å². The van der Waals surface area contributed by atoms with Crippen molar-refractivity contribution in [2.24, 2.45) is 35.5 Å². The Kier molecular flexibility index (Phi) is 22.4. The van der Waals surface area contributed by atoms with Gasteiger partial charge in [-0.1, -0.05) is 88.2 Å². The third-order valence-electron chi connectivity index (χ3n) is 6.23. The van der Waals surface area contributed by atoms with Crippen LogP contribution < -0.4 is 0 Å². The zero-order valence-corrected chi connectivity index (χ0v) is 23.5. The molecule has 0 aromatic carbocycles. The molecule has 0 aliphatic heterocycles. The van der Waals surface area contributed by atoms with E-state index in [2.05, 4.69) is 75.8 Å². The highest BCUT2D eigenvalue weighted by Gasteiger charge is 2.24. The number of aliphatic hydroxyl groups excluding tert-OH is 1. The molecule has 0 radical (unpaired) electrons. The average molecular weight is 457 g/mol. The predicted octanol–water partition coefficient (Wildman–Crippen LogP) is 8.16. The Morgan fingerprint density at radius 3 is 1.47 bits per heavy atom. The summed E-state index contributed by atoms with van der Waals surface area (Å²) >= 11 is 0. The molecule has 0 heterocycles. The summed E-state index contributed by atoms with van der Waals surface area (Å²) in [5, 5.41) is 9.41. The number of hydrogen-bond acceptors (Lipinski definition) is 3. The Bertz CT molecular complexity index is 403. The largest absolute Gasteiger partial charge is 0.394 e. The van der Waals surface area contributed by atoms with Crippen LogP contribution in [0.15, 0.2) is 12.7 Å². The van der Waals surface area contributed by atoms with Crippen LogP contribution >= 0.6 is 0 Å². The summed E-state index contributed by atoms with van der Waals surface area (Å²) in [4.78, 5) is 0. The first-order chi connectivity index (χ1) is 15.0. The van der Waals surface area contributed by atoms with E-state index in [1.807, 2.05) is 6.08 Å². The maximum Gasteiger partial charge on any atom is 0.0836 e. The minimum absolute atomic E-state index is 0.0266. The van der Waals surface area contributed by atoms with E-state index in [4.69, 9.17) is 9.47 Å². The molecular formula is C29H60O3. The zero-order valence-electron chi connectivity index (χ0n) is 23.5. The van der Waals surface area contributed by atoms with E-state index in [9.17, 15) is 5.11 Å². The van der Waals surface area contributed by atoms with Crippen LogP contribution in [0.1, 0.15) is 108 Å². The summed E-state index contributed by atoms with van der Waals surface area (Å²) in [7, 11) is 0. The van der Waals surface area contributed by atoms with Crippen molar-refractivity contribution >= 4 is 0 Å². The fourth-order valence-corrected chi connectivity index (χ4v) is 4.08. The van der Waals surface area contributed by atoms with Crippen LogP contribution in [-0.4, -0.2) is 37.1 Å². The molecule has 0 aromatic heterocycles. The molecule has 0 spiro atoms. The van der Waals surface area contributed by atoms with Crippen molar-refractivity contribution in [3.05, 3.63) is 12.7 Å². The van der Waals surface area contributed by atoms with Gasteiger partial charge in [-0.25, -0.2) is 0 Å². The van der Waals surface area contributed by atoms with Gasteiger partial charge < -0.3 is 14.6 Å². The van der Waals surface area contributed by atoms with Crippen LogP contribution in [0.25, 0.3) is 0 Å². The van der Waals surface area contributed by atoms with E-state index in [1.54, 1.807) is 0 Å². The minimum atomic E-state index is 0.0266. The van der Waals surface area contributed by atoms with Crippen LogP contribution in [-0.2, 0) is 9.47 Å². The first-order valence-corrected chi connectivity index (χ1v) is 13.5. The molecule has 3 heteroatoms. The third kappa shape index (κ3) is 17.1. The third-order valence-corrected chi connectivity index (χ3v) is 6.23. The topological polar surface area (TPSA) is 38.7 Å². The van der Waals surface area contributed by atoms with E-state index in [-0.39, 0.29) is 18.8 Å². The van der Waals surface area contributed by atoms with Gasteiger partial charge in [0.15, 0.2) is 0 Å². The van der Waals surface area contributed by atoms with Crippen molar-refractivity contribution in [2.45, 2.75) is 120 Å². The quantitative estimate of drug-likeness (QED) is 0.211. The van der Waals surface area contributed by atoms with Gasteiger partial charge >= 0.3 is 0 Å². The van der Waals surface area contributed by atoms with Crippen molar-refractivity contribution in [1.29, 1.82) is 0 Å². The number of rotatable bonds is 18. The molecule has 194 valence electrons. The van der Waals surface area contributed by atoms with Crippen LogP contribution in [0.2, 0.25) is 0 Å². The van der Waals surface area contributed by atoms with Crippen molar-refractivity contribution in [2.75, 3.05) is 19.8 Å². The van der Waals surface area contributed by atoms with Gasteiger partial charge in [0, 0.05) is 13.2 Å². The van der Waals surface area contributed by atoms with E-state index in [1.165, 1.54) is 19.3 Å². The number of hydrogen-bond donors (Lipinski definition) is 1. The van der Waals surface area contributed by atoms with E-state index >= 15 is 0 Å². The average Bonchev–Trinajstić information content (AvgIpc) is 2.72. The maximum absolute atomic E-state index is 9.41. The van der Waals surface area contributed by atoms with Gasteiger partial charge in [0.05, 0.1) is 18.8 Å². The molecule has 0 aromatic rings. The summed E-state index contributed by atoms with van der Waals surface area (Å²) in [5.41, 5.74) is 0. The van der Waals surface area contributed by atoms with Crippen molar-refractivity contribution < 1.29 is 14.6 Å². The molecule has 0 aliphatic carbocycles. The highest BCUT2D eigenvalue weighted by atomic mass is 16.5. The number of ether oxygens (including phenoxy) is 2. The lowest BCUT2D eigenvalue weighted by atomic mass is 9.84. The van der Waals surface area contributed by atoms with Gasteiger partial charge in [-0.2, -0.15) is 0 Å². The van der Waals surface area contributed by atoms with E-state index in [0.29, 0.717) is 23.7 Å². The van der Waals surface area contributed by atoms with Crippen molar-refractivity contribution in [1.82, 2.24) is 0 Å². The Balaban J connectivity index is 0. The molecule has 0 fully saturated rings. The molecule has 0 bridgehead atoms. The van der Waals surface area contributed by atoms with Crippen LogP contribution in [0.4, 0.5) is 0 Å². The normalized spacial score (nSPS) is 15.6. The van der Waals surface area contributed by atoms with Gasteiger partial charge in [0.1, 0.15) is 0 Å². The first kappa shape index (κ1) is 33.8. The first-order valence-electron chi connectivity index (χ1n) is 13.5. The Morgan fingerprint density at radius 1 is 0.688 bits per heavy atom. The second-order valence-electron chi connectivity index (χ2n) is 10.9. The molecule has 0 saturated heterocycles. The molecule has 32 heavy (non-hydrogen) atoms. The minimum Gasteiger partial charge on any atom is -0.394 e. The Labute approximate surface area is 202 Å². The fraction of sp³-hybridized carbons (Fsp3) is 0.931. The Hall–Kier alpha value is -0.380. The van der Waals surface area contributed by atoms with Crippen LogP contribution in [0, 0.1) is 35.5 Å². The lowest BCUT2D eigenvalue weighted by Crippen LogP contribution is -2.32. The molecule has 0 saturated carbocycles. The Morgan fingerprint density at radius 2 is 1.12 bits per heavy atom. The standard InChI is InChI=1S/C15H30O.C14H30O2/c1-7-11-16-15(8-2)14(13(5)6)10-9-12(3)4;1-6-9-16-14(10-15)13(12(4)5)8-7-11(2)3/h8,12-15H,2,7,9-11H2,1,3-6H3;11-15H,6-10H2,1-5H3/t14-,15-;13-,14-/m00/s1. The van der Waals surface area contributed by atoms with Crippen LogP contribution in [0.5, 0.6) is 0 Å². The molecule has 4 atom stereocenters.